The number of nitrogens with two attached hydrogens (primary N) is 1. The first kappa shape index (κ1) is 26.8. The highest BCUT2D eigenvalue weighted by Gasteiger charge is 2.29. The lowest BCUT2D eigenvalue weighted by Crippen LogP contribution is -2.29. The number of alkyl halides is 1. The number of aliphatic carboxylic acids is 1. The number of nitrogen functional groups attached to an aromatic ring is 1. The standard InChI is InChI=1S/C13H18FN3O4.C4H8O2.CH3Cl/c1-7(2)12(18)20-6-8-3-4-10(21-8)17-5-9(14)11(15)16-13(17)19;1-3(2)4(5)6;1-2/h5,7-8,10H,3-4,6H2,1-2H3,(H2,15,16,19);3H,1-2H3,(H,5,6);1H3. The maximum Gasteiger partial charge on any atom is 0.351 e. The quantitative estimate of drug-likeness (QED) is 0.529. The summed E-state index contributed by atoms with van der Waals surface area (Å²) in [6.45, 7) is 6.88. The van der Waals surface area contributed by atoms with Crippen molar-refractivity contribution in [2.24, 2.45) is 11.8 Å². The van der Waals surface area contributed by atoms with Gasteiger partial charge in [0, 0.05) is 6.38 Å². The Morgan fingerprint density at radius 1 is 1.34 bits per heavy atom. The number of esters is 1. The minimum Gasteiger partial charge on any atom is -0.481 e. The summed E-state index contributed by atoms with van der Waals surface area (Å²) in [4.78, 5) is 36.1. The summed E-state index contributed by atoms with van der Waals surface area (Å²) in [7, 11) is 0. The van der Waals surface area contributed by atoms with E-state index in [1.807, 2.05) is 0 Å². The van der Waals surface area contributed by atoms with Crippen molar-refractivity contribution in [3.63, 3.8) is 0 Å². The molecule has 2 unspecified atom stereocenters. The zero-order valence-corrected chi connectivity index (χ0v) is 18.0. The van der Waals surface area contributed by atoms with Gasteiger partial charge in [-0.25, -0.2) is 9.18 Å². The van der Waals surface area contributed by atoms with Crippen LogP contribution in [0.25, 0.3) is 0 Å². The second-order valence-electron chi connectivity index (χ2n) is 6.73. The Balaban J connectivity index is 0.000000841. The number of anilines is 1. The molecule has 11 heteroatoms. The fourth-order valence-corrected chi connectivity index (χ4v) is 2.02. The van der Waals surface area contributed by atoms with Gasteiger partial charge >= 0.3 is 17.6 Å². The van der Waals surface area contributed by atoms with Gasteiger partial charge < -0.3 is 20.3 Å². The smallest absolute Gasteiger partial charge is 0.351 e. The van der Waals surface area contributed by atoms with Gasteiger partial charge in [0.15, 0.2) is 11.6 Å². The van der Waals surface area contributed by atoms with Crippen molar-refractivity contribution in [2.75, 3.05) is 18.7 Å². The average molecular weight is 438 g/mol. The maximum atomic E-state index is 13.4. The summed E-state index contributed by atoms with van der Waals surface area (Å²) >= 11 is 4.64. The molecule has 1 saturated heterocycles. The minimum atomic E-state index is -0.770. The number of ether oxygens (including phenoxy) is 2. The number of hydrogen-bond acceptors (Lipinski definition) is 7. The summed E-state index contributed by atoms with van der Waals surface area (Å²) < 4.78 is 25.1. The number of hydrogen-bond donors (Lipinski definition) is 2. The van der Waals surface area contributed by atoms with Crippen LogP contribution < -0.4 is 11.4 Å². The number of nitrogens with zero attached hydrogens (tertiary/aromatic N) is 2. The Morgan fingerprint density at radius 3 is 2.38 bits per heavy atom. The molecule has 29 heavy (non-hydrogen) atoms. The fraction of sp³-hybridized carbons (Fsp3) is 0.667. The molecule has 9 nitrogen and oxygen atoms in total. The van der Waals surface area contributed by atoms with E-state index in [9.17, 15) is 18.8 Å². The molecule has 166 valence electrons. The zero-order chi connectivity index (χ0) is 22.7. The Bertz CT molecular complexity index is 726. The van der Waals surface area contributed by atoms with E-state index in [-0.39, 0.29) is 30.5 Å². The Morgan fingerprint density at radius 2 is 1.90 bits per heavy atom. The predicted octanol–water partition coefficient (Wildman–Crippen LogP) is 2.42. The largest absolute Gasteiger partial charge is 0.481 e. The first-order valence-electron chi connectivity index (χ1n) is 8.99. The number of carboxylic acid groups (broad SMARTS) is 1. The highest BCUT2D eigenvalue weighted by atomic mass is 35.5. The van der Waals surface area contributed by atoms with Crippen LogP contribution in [0.4, 0.5) is 10.2 Å². The molecule has 0 radical (unpaired) electrons. The molecular formula is C18H29ClFN3O6. The van der Waals surface area contributed by atoms with Crippen molar-refractivity contribution in [1.82, 2.24) is 9.55 Å². The Kier molecular flexibility index (Phi) is 12.1. The number of halogens is 2. The molecule has 1 aliphatic heterocycles. The van der Waals surface area contributed by atoms with E-state index in [0.717, 1.165) is 10.8 Å². The van der Waals surface area contributed by atoms with Gasteiger partial charge in [0.25, 0.3) is 0 Å². The van der Waals surface area contributed by atoms with E-state index in [1.54, 1.807) is 27.7 Å². The van der Waals surface area contributed by atoms with Crippen molar-refractivity contribution in [3.8, 4) is 0 Å². The Hall–Kier alpha value is -2.20. The van der Waals surface area contributed by atoms with Crippen LogP contribution in [-0.2, 0) is 19.1 Å². The van der Waals surface area contributed by atoms with Crippen molar-refractivity contribution in [3.05, 3.63) is 22.5 Å². The molecule has 0 bridgehead atoms. The van der Waals surface area contributed by atoms with E-state index in [0.29, 0.717) is 12.8 Å². The number of carbonyl (C=O) groups excluding carboxylic acids is 1. The number of aromatic nitrogens is 2. The van der Waals surface area contributed by atoms with Gasteiger partial charge in [0.05, 0.1) is 24.1 Å². The lowest BCUT2D eigenvalue weighted by molar-refractivity contribution is -0.152. The molecule has 2 heterocycles. The first-order valence-corrected chi connectivity index (χ1v) is 9.75. The van der Waals surface area contributed by atoms with Crippen LogP contribution in [0.3, 0.4) is 0 Å². The molecule has 0 amide bonds. The molecule has 0 spiro atoms. The highest BCUT2D eigenvalue weighted by Crippen LogP contribution is 2.27. The molecule has 1 aromatic heterocycles. The van der Waals surface area contributed by atoms with E-state index in [1.165, 1.54) is 6.38 Å². The van der Waals surface area contributed by atoms with Gasteiger partial charge in [-0.1, -0.05) is 27.7 Å². The summed E-state index contributed by atoms with van der Waals surface area (Å²) in [6.07, 6.45) is 2.63. The van der Waals surface area contributed by atoms with Crippen LogP contribution in [-0.4, -0.2) is 45.7 Å². The zero-order valence-electron chi connectivity index (χ0n) is 17.2. The summed E-state index contributed by atoms with van der Waals surface area (Å²) in [6, 6.07) is 0. The second kappa shape index (κ2) is 13.1. The SMILES string of the molecule is CC(C)C(=O)O.CC(C)C(=O)OCC1CCC(n2cc(F)c(N)nc2=O)O1.CCl. The predicted molar refractivity (Wildman–Crippen MR) is 106 cm³/mol. The molecule has 2 atom stereocenters. The van der Waals surface area contributed by atoms with E-state index < -0.39 is 29.5 Å². The number of carboxylic acids is 1. The van der Waals surface area contributed by atoms with Gasteiger partial charge in [-0.05, 0) is 12.8 Å². The van der Waals surface area contributed by atoms with Gasteiger partial charge in [0.1, 0.15) is 12.8 Å². The van der Waals surface area contributed by atoms with Crippen LogP contribution >= 0.6 is 11.6 Å². The normalized spacial score (nSPS) is 17.8. The molecule has 3 N–H and O–H groups in total. The van der Waals surface area contributed by atoms with E-state index in [4.69, 9.17) is 20.3 Å². The third kappa shape index (κ3) is 9.23. The molecule has 1 fully saturated rings. The highest BCUT2D eigenvalue weighted by molar-refractivity contribution is 6.15. The molecule has 0 aliphatic carbocycles. The van der Waals surface area contributed by atoms with Gasteiger partial charge in [-0.15, -0.1) is 11.6 Å². The topological polar surface area (TPSA) is 134 Å². The van der Waals surface area contributed by atoms with Crippen LogP contribution in [0.1, 0.15) is 46.8 Å². The molecule has 1 aromatic rings. The van der Waals surface area contributed by atoms with Gasteiger partial charge in [0.2, 0.25) is 0 Å². The molecule has 1 aliphatic rings. The summed E-state index contributed by atoms with van der Waals surface area (Å²) in [5.74, 6) is -2.69. The van der Waals surface area contributed by atoms with Crippen LogP contribution in [0.2, 0.25) is 0 Å². The fourth-order valence-electron chi connectivity index (χ4n) is 2.02. The van der Waals surface area contributed by atoms with Crippen molar-refractivity contribution in [1.29, 1.82) is 0 Å². The molecular weight excluding hydrogens is 409 g/mol. The summed E-state index contributed by atoms with van der Waals surface area (Å²) in [5.41, 5.74) is 4.56. The van der Waals surface area contributed by atoms with E-state index in [2.05, 4.69) is 16.6 Å². The van der Waals surface area contributed by atoms with Crippen molar-refractivity contribution < 1.29 is 28.6 Å². The minimum absolute atomic E-state index is 0.118. The number of rotatable bonds is 5. The van der Waals surface area contributed by atoms with Gasteiger partial charge in [-0.2, -0.15) is 4.98 Å². The monoisotopic (exact) mass is 437 g/mol. The van der Waals surface area contributed by atoms with E-state index >= 15 is 0 Å². The second-order valence-corrected chi connectivity index (χ2v) is 6.73. The lowest BCUT2D eigenvalue weighted by atomic mass is 10.2. The third-order valence-corrected chi connectivity index (χ3v) is 3.71. The lowest BCUT2D eigenvalue weighted by Gasteiger charge is -2.16. The van der Waals surface area contributed by atoms with Crippen LogP contribution in [0.5, 0.6) is 0 Å². The van der Waals surface area contributed by atoms with Crippen LogP contribution in [0, 0.1) is 17.7 Å². The van der Waals surface area contributed by atoms with Crippen LogP contribution in [0.15, 0.2) is 11.0 Å². The van der Waals surface area contributed by atoms with Gasteiger partial charge in [-0.3, -0.25) is 14.2 Å². The maximum absolute atomic E-state index is 13.4. The number of carbonyl (C=O) groups is 2. The molecule has 2 rings (SSSR count). The third-order valence-electron chi connectivity index (χ3n) is 3.71. The first-order chi connectivity index (χ1) is 13.5. The molecule has 0 aromatic carbocycles. The average Bonchev–Trinajstić information content (AvgIpc) is 3.13. The van der Waals surface area contributed by atoms with Crippen molar-refractivity contribution >= 4 is 29.4 Å². The summed E-state index contributed by atoms with van der Waals surface area (Å²) in [5, 5.41) is 7.99. The Labute approximate surface area is 174 Å². The van der Waals surface area contributed by atoms with Crippen molar-refractivity contribution in [2.45, 2.75) is 52.9 Å². The molecule has 0 saturated carbocycles.